The number of carbonyl (C=O) groups excluding carboxylic acids is 1. The first kappa shape index (κ1) is 13.6. The summed E-state index contributed by atoms with van der Waals surface area (Å²) in [5.41, 5.74) is 1.85. The van der Waals surface area contributed by atoms with Crippen molar-refractivity contribution in [3.05, 3.63) is 66.0 Å². The molecule has 0 fully saturated rings. The molecular weight excluding hydrogens is 278 g/mol. The van der Waals surface area contributed by atoms with Crippen LogP contribution in [0.25, 0.3) is 0 Å². The number of aromatic nitrogens is 1. The fourth-order valence-electron chi connectivity index (χ4n) is 1.61. The minimum Gasteiger partial charge on any atom is -0.287 e. The number of carbonyl (C=O) groups is 1. The van der Waals surface area contributed by atoms with E-state index in [1.54, 1.807) is 0 Å². The van der Waals surface area contributed by atoms with Crippen LogP contribution < -0.4 is 4.57 Å². The first-order valence-electron chi connectivity index (χ1n) is 5.31. The first-order valence-corrected chi connectivity index (χ1v) is 5.31. The first-order chi connectivity index (χ1) is 7.77. The van der Waals surface area contributed by atoms with E-state index in [1.165, 1.54) is 0 Å². The van der Waals surface area contributed by atoms with E-state index in [4.69, 9.17) is 0 Å². The van der Waals surface area contributed by atoms with Crippen LogP contribution in [0.3, 0.4) is 0 Å². The Labute approximate surface area is 112 Å². The molecule has 1 aromatic heterocycles. The number of hydrogen-bond donors (Lipinski definition) is 0. The van der Waals surface area contributed by atoms with Gasteiger partial charge >= 0.3 is 0 Å². The average Bonchev–Trinajstić information content (AvgIpc) is 2.33. The molecule has 0 bridgehead atoms. The molecule has 0 spiro atoms. The Bertz CT molecular complexity index is 497. The van der Waals surface area contributed by atoms with Crippen LogP contribution in [-0.4, -0.2) is 5.78 Å². The zero-order valence-corrected chi connectivity index (χ0v) is 11.4. The van der Waals surface area contributed by atoms with Gasteiger partial charge in [0.2, 0.25) is 12.3 Å². The van der Waals surface area contributed by atoms with Crippen LogP contribution in [-0.2, 0) is 6.54 Å². The predicted octanol–water partition coefficient (Wildman–Crippen LogP) is 2.74. The Kier molecular flexibility index (Phi) is 5.04. The number of ketones is 1. The number of aryl methyl sites for hydroxylation is 1. The zero-order valence-electron chi connectivity index (χ0n) is 9.67. The molecular formula is C14H15BrNO+. The van der Waals surface area contributed by atoms with Crippen molar-refractivity contribution in [1.29, 1.82) is 0 Å². The highest BCUT2D eigenvalue weighted by Gasteiger charge is 2.12. The normalized spacial score (nSPS) is 9.47. The lowest BCUT2D eigenvalue weighted by Crippen LogP contribution is -2.40. The van der Waals surface area contributed by atoms with Gasteiger partial charge < -0.3 is 0 Å². The van der Waals surface area contributed by atoms with E-state index in [0.29, 0.717) is 6.54 Å². The summed E-state index contributed by atoms with van der Waals surface area (Å²) in [6.45, 7) is 2.40. The van der Waals surface area contributed by atoms with Gasteiger partial charge in [0.15, 0.2) is 11.9 Å². The van der Waals surface area contributed by atoms with E-state index in [9.17, 15) is 4.79 Å². The topological polar surface area (TPSA) is 20.9 Å². The number of benzene rings is 1. The lowest BCUT2D eigenvalue weighted by atomic mass is 10.1. The highest BCUT2D eigenvalue weighted by molar-refractivity contribution is 8.93. The van der Waals surface area contributed by atoms with Gasteiger partial charge in [0.05, 0.1) is 0 Å². The monoisotopic (exact) mass is 292 g/mol. The fraction of sp³-hybridized carbons (Fsp3) is 0.143. The minimum atomic E-state index is 0. The van der Waals surface area contributed by atoms with E-state index in [1.807, 2.05) is 66.2 Å². The van der Waals surface area contributed by atoms with E-state index in [-0.39, 0.29) is 22.8 Å². The van der Waals surface area contributed by atoms with Crippen molar-refractivity contribution in [3.63, 3.8) is 0 Å². The highest BCUT2D eigenvalue weighted by Crippen LogP contribution is 2.00. The summed E-state index contributed by atoms with van der Waals surface area (Å²) in [7, 11) is 0. The largest absolute Gasteiger partial charge is 0.287 e. The Morgan fingerprint density at radius 2 is 1.71 bits per heavy atom. The van der Waals surface area contributed by atoms with Crippen molar-refractivity contribution in [2.24, 2.45) is 0 Å². The van der Waals surface area contributed by atoms with Crippen LogP contribution in [0.5, 0.6) is 0 Å². The second-order valence-corrected chi connectivity index (χ2v) is 3.76. The lowest BCUT2D eigenvalue weighted by molar-refractivity contribution is -0.689. The zero-order chi connectivity index (χ0) is 11.4. The third-order valence-corrected chi connectivity index (χ3v) is 2.58. The predicted molar refractivity (Wildman–Crippen MR) is 72.5 cm³/mol. The third-order valence-electron chi connectivity index (χ3n) is 2.58. The maximum absolute atomic E-state index is 11.9. The van der Waals surface area contributed by atoms with E-state index in [0.717, 1.165) is 11.3 Å². The van der Waals surface area contributed by atoms with Gasteiger partial charge in [-0.25, -0.2) is 0 Å². The molecule has 0 saturated heterocycles. The molecule has 0 saturated carbocycles. The number of Topliss-reactive ketones (excluding diaryl/α,β-unsaturated/α-hetero) is 1. The van der Waals surface area contributed by atoms with Crippen molar-refractivity contribution in [3.8, 4) is 0 Å². The van der Waals surface area contributed by atoms with Crippen molar-refractivity contribution in [2.45, 2.75) is 13.5 Å². The van der Waals surface area contributed by atoms with Crippen LogP contribution in [0.1, 0.15) is 16.1 Å². The van der Waals surface area contributed by atoms with Crippen LogP contribution in [0.2, 0.25) is 0 Å². The second kappa shape index (κ2) is 6.30. The third kappa shape index (κ3) is 3.49. The van der Waals surface area contributed by atoms with E-state index in [2.05, 4.69) is 0 Å². The molecule has 2 aromatic rings. The summed E-state index contributed by atoms with van der Waals surface area (Å²) < 4.78 is 1.95. The number of halogens is 1. The Morgan fingerprint density at radius 3 is 2.35 bits per heavy atom. The van der Waals surface area contributed by atoms with E-state index >= 15 is 0 Å². The van der Waals surface area contributed by atoms with Crippen molar-refractivity contribution in [2.75, 3.05) is 0 Å². The molecule has 17 heavy (non-hydrogen) atoms. The molecule has 88 valence electrons. The van der Waals surface area contributed by atoms with Gasteiger partial charge in [-0.1, -0.05) is 36.4 Å². The van der Waals surface area contributed by atoms with Gasteiger partial charge in [-0.3, -0.25) is 4.79 Å². The molecule has 0 radical (unpaired) electrons. The number of pyridine rings is 1. The summed E-state index contributed by atoms with van der Waals surface area (Å²) in [5.74, 6) is 0.139. The van der Waals surface area contributed by atoms with Gasteiger partial charge in [0, 0.05) is 24.6 Å². The highest BCUT2D eigenvalue weighted by atomic mass is 79.9. The molecule has 0 unspecified atom stereocenters. The van der Waals surface area contributed by atoms with Crippen LogP contribution >= 0.6 is 17.0 Å². The molecule has 0 amide bonds. The summed E-state index contributed by atoms with van der Waals surface area (Å²) in [6.07, 6.45) is 1.93. The molecule has 0 aliphatic carbocycles. The van der Waals surface area contributed by atoms with Crippen molar-refractivity contribution < 1.29 is 9.36 Å². The summed E-state index contributed by atoms with van der Waals surface area (Å²) in [5, 5.41) is 0. The Morgan fingerprint density at radius 1 is 1.06 bits per heavy atom. The molecule has 0 N–H and O–H groups in total. The van der Waals surface area contributed by atoms with Gasteiger partial charge in [-0.15, -0.1) is 17.0 Å². The lowest BCUT2D eigenvalue weighted by Gasteiger charge is -1.99. The summed E-state index contributed by atoms with van der Waals surface area (Å²) in [4.78, 5) is 11.9. The van der Waals surface area contributed by atoms with Gasteiger partial charge in [-0.05, 0) is 0 Å². The maximum atomic E-state index is 11.9. The van der Waals surface area contributed by atoms with Crippen LogP contribution in [0.4, 0.5) is 0 Å². The van der Waals surface area contributed by atoms with Crippen LogP contribution in [0, 0.1) is 6.92 Å². The quantitative estimate of drug-likeness (QED) is 0.629. The average molecular weight is 293 g/mol. The van der Waals surface area contributed by atoms with Crippen LogP contribution in [0.15, 0.2) is 54.7 Å². The van der Waals surface area contributed by atoms with Crippen molar-refractivity contribution in [1.82, 2.24) is 0 Å². The number of rotatable bonds is 3. The molecule has 1 heterocycles. The van der Waals surface area contributed by atoms with Gasteiger partial charge in [-0.2, -0.15) is 4.57 Å². The molecule has 0 aliphatic heterocycles. The smallest absolute Gasteiger partial charge is 0.227 e. The SMILES string of the molecule is Br.Cc1cccc[n+]1CC(=O)c1ccccc1. The standard InChI is InChI=1S/C14H14NO.BrH/c1-12-7-5-6-10-15(12)11-14(16)13-8-3-2-4-9-13;/h2-10H,11H2,1H3;1H/q+1;. The minimum absolute atomic E-state index is 0. The van der Waals surface area contributed by atoms with Gasteiger partial charge in [0.25, 0.3) is 0 Å². The maximum Gasteiger partial charge on any atom is 0.227 e. The molecule has 1 aromatic carbocycles. The molecule has 2 rings (SSSR count). The second-order valence-electron chi connectivity index (χ2n) is 3.76. The Balaban J connectivity index is 0.00000144. The summed E-state index contributed by atoms with van der Waals surface area (Å²) in [6, 6.07) is 15.3. The van der Waals surface area contributed by atoms with Crippen molar-refractivity contribution >= 4 is 22.8 Å². The fourth-order valence-corrected chi connectivity index (χ4v) is 1.61. The molecule has 2 nitrogen and oxygen atoms in total. The molecule has 0 aliphatic rings. The Hall–Kier alpha value is -1.48. The van der Waals surface area contributed by atoms with E-state index < -0.39 is 0 Å². The van der Waals surface area contributed by atoms with Gasteiger partial charge in [0.1, 0.15) is 0 Å². The number of hydrogen-bond acceptors (Lipinski definition) is 1. The molecule has 0 atom stereocenters. The number of nitrogens with zero attached hydrogens (tertiary/aromatic N) is 1. The molecule has 3 heteroatoms. The summed E-state index contributed by atoms with van der Waals surface area (Å²) >= 11 is 0.